The Morgan fingerprint density at radius 1 is 1.15 bits per heavy atom. The van der Waals surface area contributed by atoms with Gasteiger partial charge in [0.25, 0.3) is 0 Å². The quantitative estimate of drug-likeness (QED) is 0.835. The average Bonchev–Trinajstić information content (AvgIpc) is 3.34. The largest absolute Gasteiger partial charge is 0.342 e. The molecule has 1 amide bonds. The second kappa shape index (κ2) is 8.26. The van der Waals surface area contributed by atoms with Crippen LogP contribution in [0.2, 0.25) is 0 Å². The van der Waals surface area contributed by atoms with E-state index >= 15 is 0 Å². The van der Waals surface area contributed by atoms with E-state index in [0.29, 0.717) is 6.04 Å². The van der Waals surface area contributed by atoms with E-state index < -0.39 is 5.41 Å². The number of halogens is 2. The Hall–Kier alpha value is -1.13. The van der Waals surface area contributed by atoms with Gasteiger partial charge in [-0.05, 0) is 68.7 Å². The highest BCUT2D eigenvalue weighted by atomic mass is 35.5. The molecule has 0 atom stereocenters. The van der Waals surface area contributed by atoms with Gasteiger partial charge in [-0.2, -0.15) is 0 Å². The van der Waals surface area contributed by atoms with Crippen LogP contribution in [0.25, 0.3) is 0 Å². The van der Waals surface area contributed by atoms with Crippen LogP contribution in [-0.4, -0.2) is 36.5 Å². The van der Waals surface area contributed by atoms with Crippen molar-refractivity contribution in [3.63, 3.8) is 0 Å². The minimum absolute atomic E-state index is 0. The lowest BCUT2D eigenvalue weighted by Crippen LogP contribution is -2.51. The first-order valence-corrected chi connectivity index (χ1v) is 9.96. The predicted octanol–water partition coefficient (Wildman–Crippen LogP) is 4.05. The lowest BCUT2D eigenvalue weighted by molar-refractivity contribution is -0.138. The summed E-state index contributed by atoms with van der Waals surface area (Å²) < 4.78 is 13.8. The van der Waals surface area contributed by atoms with Crippen molar-refractivity contribution in [3.8, 4) is 0 Å². The van der Waals surface area contributed by atoms with Crippen LogP contribution >= 0.6 is 12.4 Å². The molecule has 1 aromatic carbocycles. The van der Waals surface area contributed by atoms with Gasteiger partial charge >= 0.3 is 0 Å². The minimum atomic E-state index is -0.490. The van der Waals surface area contributed by atoms with E-state index in [9.17, 15) is 9.18 Å². The van der Waals surface area contributed by atoms with Gasteiger partial charge in [-0.15, -0.1) is 12.4 Å². The molecule has 5 heteroatoms. The number of rotatable bonds is 5. The normalized spacial score (nSPS) is 22.9. The van der Waals surface area contributed by atoms with Gasteiger partial charge in [-0.25, -0.2) is 4.39 Å². The van der Waals surface area contributed by atoms with Gasteiger partial charge < -0.3 is 10.2 Å². The molecule has 2 aliphatic carbocycles. The number of piperidine rings is 1. The summed E-state index contributed by atoms with van der Waals surface area (Å²) >= 11 is 0. The lowest BCUT2D eigenvalue weighted by Gasteiger charge is -2.39. The number of amides is 1. The van der Waals surface area contributed by atoms with Crippen molar-refractivity contribution in [2.24, 2.45) is 5.92 Å². The third kappa shape index (κ3) is 4.07. The number of hydrogen-bond acceptors (Lipinski definition) is 2. The highest BCUT2D eigenvalue weighted by Gasteiger charge is 2.45. The Kier molecular flexibility index (Phi) is 6.24. The highest BCUT2D eigenvalue weighted by Crippen LogP contribution is 2.43. The second-order valence-electron chi connectivity index (χ2n) is 8.22. The van der Waals surface area contributed by atoms with Crippen LogP contribution in [0.3, 0.4) is 0 Å². The third-order valence-electron chi connectivity index (χ3n) is 6.42. The fourth-order valence-corrected chi connectivity index (χ4v) is 4.64. The van der Waals surface area contributed by atoms with Gasteiger partial charge in [0.2, 0.25) is 5.91 Å². The van der Waals surface area contributed by atoms with Crippen molar-refractivity contribution >= 4 is 18.3 Å². The Labute approximate surface area is 162 Å². The van der Waals surface area contributed by atoms with E-state index in [-0.39, 0.29) is 24.1 Å². The molecule has 1 heterocycles. The Morgan fingerprint density at radius 2 is 1.85 bits per heavy atom. The van der Waals surface area contributed by atoms with Crippen LogP contribution in [0.15, 0.2) is 24.3 Å². The van der Waals surface area contributed by atoms with E-state index in [2.05, 4.69) is 5.32 Å². The van der Waals surface area contributed by atoms with Crippen LogP contribution in [-0.2, 0) is 10.2 Å². The van der Waals surface area contributed by atoms with Crippen molar-refractivity contribution in [3.05, 3.63) is 35.6 Å². The maximum Gasteiger partial charge on any atom is 0.233 e. The molecule has 4 rings (SSSR count). The van der Waals surface area contributed by atoms with Gasteiger partial charge in [0.1, 0.15) is 5.82 Å². The van der Waals surface area contributed by atoms with Gasteiger partial charge in [0.05, 0.1) is 5.41 Å². The summed E-state index contributed by atoms with van der Waals surface area (Å²) in [5.74, 6) is 0.894. The summed E-state index contributed by atoms with van der Waals surface area (Å²) in [7, 11) is 0. The van der Waals surface area contributed by atoms with Crippen molar-refractivity contribution < 1.29 is 9.18 Å². The van der Waals surface area contributed by atoms with E-state index in [0.717, 1.165) is 69.6 Å². The van der Waals surface area contributed by atoms with E-state index in [1.807, 2.05) is 11.0 Å². The summed E-state index contributed by atoms with van der Waals surface area (Å²) in [6, 6.07) is 7.28. The summed E-state index contributed by atoms with van der Waals surface area (Å²) in [4.78, 5) is 15.4. The fourth-order valence-electron chi connectivity index (χ4n) is 4.64. The molecule has 0 spiro atoms. The molecule has 144 valence electrons. The summed E-state index contributed by atoms with van der Waals surface area (Å²) in [6.07, 6.45) is 8.66. The fraction of sp³-hybridized carbons (Fsp3) is 0.667. The number of carbonyl (C=O) groups is 1. The number of carbonyl (C=O) groups excluding carboxylic acids is 1. The molecule has 1 saturated heterocycles. The third-order valence-corrected chi connectivity index (χ3v) is 6.42. The summed E-state index contributed by atoms with van der Waals surface area (Å²) in [5.41, 5.74) is 0.389. The van der Waals surface area contributed by atoms with E-state index in [1.54, 1.807) is 12.1 Å². The Morgan fingerprint density at radius 3 is 2.46 bits per heavy atom. The maximum atomic E-state index is 13.8. The van der Waals surface area contributed by atoms with Gasteiger partial charge in [0, 0.05) is 19.1 Å². The monoisotopic (exact) mass is 380 g/mol. The van der Waals surface area contributed by atoms with Crippen LogP contribution in [0.5, 0.6) is 0 Å². The molecule has 1 N–H and O–H groups in total. The maximum absolute atomic E-state index is 13.8. The minimum Gasteiger partial charge on any atom is -0.342 e. The highest BCUT2D eigenvalue weighted by molar-refractivity contribution is 5.88. The summed E-state index contributed by atoms with van der Waals surface area (Å²) in [5, 5.41) is 3.67. The van der Waals surface area contributed by atoms with Crippen molar-refractivity contribution in [2.75, 3.05) is 19.6 Å². The van der Waals surface area contributed by atoms with Crippen LogP contribution in [0.1, 0.15) is 56.9 Å². The lowest BCUT2D eigenvalue weighted by atomic mass is 9.77. The first-order valence-electron chi connectivity index (χ1n) is 9.96. The molecule has 0 unspecified atom stereocenters. The van der Waals surface area contributed by atoms with Crippen LogP contribution in [0.4, 0.5) is 4.39 Å². The van der Waals surface area contributed by atoms with Crippen LogP contribution < -0.4 is 5.32 Å². The molecule has 0 bridgehead atoms. The van der Waals surface area contributed by atoms with Crippen molar-refractivity contribution in [1.29, 1.82) is 0 Å². The van der Waals surface area contributed by atoms with Gasteiger partial charge in [0.15, 0.2) is 0 Å². The molecular formula is C21H30ClFN2O. The predicted molar refractivity (Wildman–Crippen MR) is 104 cm³/mol. The van der Waals surface area contributed by atoms with Crippen molar-refractivity contribution in [1.82, 2.24) is 10.2 Å². The molecule has 3 nitrogen and oxygen atoms in total. The van der Waals surface area contributed by atoms with Crippen LogP contribution in [0, 0.1) is 11.7 Å². The molecule has 0 radical (unpaired) electrons. The molecule has 3 aliphatic rings. The Balaban J connectivity index is 0.00000196. The SMILES string of the molecule is Cl.O=C(N1CCC(NCC2CC2)CC1)C1(c2cccc(F)c2)CCCC1. The second-order valence-corrected chi connectivity index (χ2v) is 8.22. The van der Waals surface area contributed by atoms with Gasteiger partial charge in [-0.3, -0.25) is 4.79 Å². The molecule has 2 saturated carbocycles. The molecule has 26 heavy (non-hydrogen) atoms. The van der Waals surface area contributed by atoms with E-state index in [4.69, 9.17) is 0 Å². The topological polar surface area (TPSA) is 32.3 Å². The molecule has 1 aromatic rings. The number of hydrogen-bond donors (Lipinski definition) is 1. The smallest absolute Gasteiger partial charge is 0.233 e. The first kappa shape index (κ1) is 19.6. The van der Waals surface area contributed by atoms with Crippen molar-refractivity contribution in [2.45, 2.75) is 62.8 Å². The molecule has 0 aromatic heterocycles. The Bertz CT molecular complexity index is 620. The number of benzene rings is 1. The molecule has 3 fully saturated rings. The molecule has 1 aliphatic heterocycles. The van der Waals surface area contributed by atoms with E-state index in [1.165, 1.54) is 18.9 Å². The zero-order valence-electron chi connectivity index (χ0n) is 15.4. The first-order chi connectivity index (χ1) is 12.2. The van der Waals surface area contributed by atoms with Gasteiger partial charge in [-0.1, -0.05) is 25.0 Å². The summed E-state index contributed by atoms with van der Waals surface area (Å²) in [6.45, 7) is 2.81. The number of nitrogens with one attached hydrogen (secondary N) is 1. The number of likely N-dealkylation sites (tertiary alicyclic amines) is 1. The molecular weight excluding hydrogens is 351 g/mol. The zero-order valence-corrected chi connectivity index (χ0v) is 16.2. The number of nitrogens with zero attached hydrogens (tertiary/aromatic N) is 1. The standard InChI is InChI=1S/C21H29FN2O.ClH/c22-18-5-3-4-17(14-18)21(10-1-2-11-21)20(25)24-12-8-19(9-13-24)23-15-16-6-7-16;/h3-5,14,16,19,23H,1-2,6-13,15H2;1H. The average molecular weight is 381 g/mol. The zero-order chi connectivity index (χ0) is 17.3.